The van der Waals surface area contributed by atoms with Crippen LogP contribution >= 0.6 is 23.7 Å². The molecule has 4 rings (SSSR count). The van der Waals surface area contributed by atoms with Gasteiger partial charge in [0.25, 0.3) is 0 Å². The molecule has 2 aromatic rings. The van der Waals surface area contributed by atoms with E-state index in [1.165, 1.54) is 10.4 Å². The highest BCUT2D eigenvalue weighted by Gasteiger charge is 2.29. The van der Waals surface area contributed by atoms with Crippen LogP contribution < -0.4 is 15.5 Å². The van der Waals surface area contributed by atoms with Gasteiger partial charge in [0.2, 0.25) is 5.91 Å². The molecular weight excluding hydrogens is 398 g/mol. The second-order valence-electron chi connectivity index (χ2n) is 7.65. The van der Waals surface area contributed by atoms with Crippen LogP contribution in [0.1, 0.15) is 23.3 Å². The summed E-state index contributed by atoms with van der Waals surface area (Å²) in [5.74, 6) is 1.27. The minimum atomic E-state index is -0.357. The van der Waals surface area contributed by atoms with Crippen molar-refractivity contribution >= 4 is 45.7 Å². The molecule has 154 valence electrons. The fourth-order valence-corrected chi connectivity index (χ4v) is 5.05. The van der Waals surface area contributed by atoms with Crippen molar-refractivity contribution in [2.75, 3.05) is 37.6 Å². The Balaban J connectivity index is 0.00000225. The van der Waals surface area contributed by atoms with Gasteiger partial charge < -0.3 is 20.6 Å². The number of piperidine rings is 1. The van der Waals surface area contributed by atoms with Crippen LogP contribution in [0.5, 0.6) is 0 Å². The van der Waals surface area contributed by atoms with Gasteiger partial charge in [0, 0.05) is 49.4 Å². The number of aliphatic hydroxyl groups is 1. The molecule has 0 aromatic carbocycles. The fraction of sp³-hybridized carbons (Fsp3) is 0.632. The van der Waals surface area contributed by atoms with Crippen molar-refractivity contribution in [3.63, 3.8) is 0 Å². The highest BCUT2D eigenvalue weighted by Crippen LogP contribution is 2.35. The number of rotatable bonds is 4. The fourth-order valence-electron chi connectivity index (χ4n) is 4.06. The first kappa shape index (κ1) is 21.2. The third-order valence-electron chi connectivity index (χ3n) is 5.95. The summed E-state index contributed by atoms with van der Waals surface area (Å²) < 4.78 is 0. The monoisotopic (exact) mass is 425 g/mol. The zero-order valence-electron chi connectivity index (χ0n) is 16.3. The predicted octanol–water partition coefficient (Wildman–Crippen LogP) is 1.64. The Morgan fingerprint density at radius 2 is 2.07 bits per heavy atom. The largest absolute Gasteiger partial charge is 0.391 e. The van der Waals surface area contributed by atoms with E-state index in [1.54, 1.807) is 17.7 Å². The summed E-state index contributed by atoms with van der Waals surface area (Å²) in [6.45, 7) is 7.84. The Morgan fingerprint density at radius 1 is 1.32 bits per heavy atom. The maximum Gasteiger partial charge on any atom is 0.223 e. The molecule has 2 fully saturated rings. The van der Waals surface area contributed by atoms with Crippen LogP contribution in [-0.2, 0) is 4.79 Å². The quantitative estimate of drug-likeness (QED) is 0.690. The van der Waals surface area contributed by atoms with Crippen LogP contribution in [0.4, 0.5) is 5.82 Å². The number of aliphatic hydroxyl groups excluding tert-OH is 1. The van der Waals surface area contributed by atoms with E-state index in [2.05, 4.69) is 39.3 Å². The van der Waals surface area contributed by atoms with E-state index in [-0.39, 0.29) is 36.3 Å². The van der Waals surface area contributed by atoms with E-state index < -0.39 is 0 Å². The molecular formula is C19H28ClN5O2S. The number of aromatic nitrogens is 2. The Kier molecular flexibility index (Phi) is 6.75. The molecule has 2 saturated heterocycles. The molecule has 2 aromatic heterocycles. The summed E-state index contributed by atoms with van der Waals surface area (Å²) in [6.07, 6.45) is 2.94. The number of nitrogens with zero attached hydrogens (tertiary/aromatic N) is 3. The van der Waals surface area contributed by atoms with Crippen LogP contribution in [0.15, 0.2) is 6.33 Å². The molecule has 2 unspecified atom stereocenters. The van der Waals surface area contributed by atoms with Gasteiger partial charge in [-0.1, -0.05) is 0 Å². The Morgan fingerprint density at radius 3 is 2.75 bits per heavy atom. The number of fused-ring (bicyclic) bond motifs is 1. The Labute approximate surface area is 175 Å². The van der Waals surface area contributed by atoms with Crippen LogP contribution in [-0.4, -0.2) is 59.8 Å². The molecule has 2 atom stereocenters. The van der Waals surface area contributed by atoms with Gasteiger partial charge in [-0.05, 0) is 32.3 Å². The van der Waals surface area contributed by atoms with Gasteiger partial charge in [0.15, 0.2) is 0 Å². The van der Waals surface area contributed by atoms with Crippen molar-refractivity contribution < 1.29 is 9.90 Å². The molecule has 0 bridgehead atoms. The molecule has 2 aliphatic heterocycles. The number of hydrogen-bond acceptors (Lipinski definition) is 7. The zero-order valence-corrected chi connectivity index (χ0v) is 17.9. The lowest BCUT2D eigenvalue weighted by Gasteiger charge is -2.32. The third kappa shape index (κ3) is 4.10. The average molecular weight is 426 g/mol. The Hall–Kier alpha value is -1.48. The second-order valence-corrected chi connectivity index (χ2v) is 8.86. The lowest BCUT2D eigenvalue weighted by atomic mass is 9.95. The molecule has 1 amide bonds. The molecule has 2 aliphatic rings. The topological polar surface area (TPSA) is 90.4 Å². The lowest BCUT2D eigenvalue weighted by molar-refractivity contribution is -0.125. The molecule has 4 heterocycles. The van der Waals surface area contributed by atoms with Crippen LogP contribution in [0.25, 0.3) is 10.2 Å². The van der Waals surface area contributed by atoms with Crippen molar-refractivity contribution in [2.24, 2.45) is 11.8 Å². The van der Waals surface area contributed by atoms with Gasteiger partial charge in [0.05, 0.1) is 11.5 Å². The summed E-state index contributed by atoms with van der Waals surface area (Å²) in [7, 11) is 0. The number of hydrogen-bond donors (Lipinski definition) is 3. The predicted molar refractivity (Wildman–Crippen MR) is 114 cm³/mol. The number of halogens is 1. The second kappa shape index (κ2) is 8.90. The summed E-state index contributed by atoms with van der Waals surface area (Å²) in [5, 5.41) is 17.2. The maximum absolute atomic E-state index is 12.5. The molecule has 28 heavy (non-hydrogen) atoms. The van der Waals surface area contributed by atoms with E-state index in [4.69, 9.17) is 0 Å². The highest BCUT2D eigenvalue weighted by molar-refractivity contribution is 7.18. The molecule has 7 nitrogen and oxygen atoms in total. The van der Waals surface area contributed by atoms with Gasteiger partial charge in [-0.3, -0.25) is 4.79 Å². The normalized spacial score (nSPS) is 23.0. The number of amides is 1. The molecule has 0 aliphatic carbocycles. The first-order chi connectivity index (χ1) is 13.0. The first-order valence-corrected chi connectivity index (χ1v) is 10.5. The average Bonchev–Trinajstić information content (AvgIpc) is 3.22. The summed E-state index contributed by atoms with van der Waals surface area (Å²) in [4.78, 5) is 26.1. The first-order valence-electron chi connectivity index (χ1n) is 9.66. The summed E-state index contributed by atoms with van der Waals surface area (Å²) >= 11 is 1.71. The molecule has 0 spiro atoms. The van der Waals surface area contributed by atoms with Crippen molar-refractivity contribution in [1.82, 2.24) is 20.6 Å². The van der Waals surface area contributed by atoms with E-state index in [1.807, 2.05) is 0 Å². The molecule has 0 radical (unpaired) electrons. The van der Waals surface area contributed by atoms with Crippen LogP contribution in [0.2, 0.25) is 0 Å². The van der Waals surface area contributed by atoms with E-state index in [9.17, 15) is 9.90 Å². The summed E-state index contributed by atoms with van der Waals surface area (Å²) in [6, 6.07) is 0. The van der Waals surface area contributed by atoms with Gasteiger partial charge >= 0.3 is 0 Å². The minimum Gasteiger partial charge on any atom is -0.391 e. The van der Waals surface area contributed by atoms with Crippen molar-refractivity contribution in [3.8, 4) is 0 Å². The van der Waals surface area contributed by atoms with Gasteiger partial charge in [-0.15, -0.1) is 23.7 Å². The number of β-amino-alcohol motifs (C(OH)–C–C–N with tert-alkyl or cyclic N) is 1. The number of nitrogens with one attached hydrogen (secondary N) is 2. The maximum atomic E-state index is 12.5. The third-order valence-corrected chi connectivity index (χ3v) is 7.07. The standard InChI is InChI=1S/C19H27N5O2S.ClH/c1-11-12(2)27-19-16(11)17(22-10-23-19)24-5-3-13(4-6-24)18(26)21-8-14-7-20-9-15(14)25;/h10,13-15,20,25H,3-9H2,1-2H3,(H,21,26);1H. The molecule has 9 heteroatoms. The number of thiophene rings is 1. The number of carbonyl (C=O) groups excluding carboxylic acids is 1. The number of carbonyl (C=O) groups is 1. The van der Waals surface area contributed by atoms with E-state index in [0.717, 1.165) is 48.5 Å². The number of anilines is 1. The SMILES string of the molecule is Cc1sc2ncnc(N3CCC(C(=O)NCC4CNCC4O)CC3)c2c1C.Cl. The Bertz CT molecular complexity index is 837. The van der Waals surface area contributed by atoms with E-state index in [0.29, 0.717) is 13.1 Å². The van der Waals surface area contributed by atoms with Gasteiger partial charge in [0.1, 0.15) is 17.0 Å². The van der Waals surface area contributed by atoms with Crippen molar-refractivity contribution in [1.29, 1.82) is 0 Å². The zero-order chi connectivity index (χ0) is 19.0. The van der Waals surface area contributed by atoms with E-state index >= 15 is 0 Å². The van der Waals surface area contributed by atoms with Gasteiger partial charge in [-0.2, -0.15) is 0 Å². The van der Waals surface area contributed by atoms with Crippen molar-refractivity contribution in [3.05, 3.63) is 16.8 Å². The van der Waals surface area contributed by atoms with Gasteiger partial charge in [-0.25, -0.2) is 9.97 Å². The summed E-state index contributed by atoms with van der Waals surface area (Å²) in [5.41, 5.74) is 1.26. The van der Waals surface area contributed by atoms with Crippen molar-refractivity contribution in [2.45, 2.75) is 32.8 Å². The smallest absolute Gasteiger partial charge is 0.223 e. The minimum absolute atomic E-state index is 0. The number of aryl methyl sites for hydroxylation is 2. The van der Waals surface area contributed by atoms with Crippen LogP contribution in [0, 0.1) is 25.7 Å². The van der Waals surface area contributed by atoms with Crippen LogP contribution in [0.3, 0.4) is 0 Å². The molecule has 0 saturated carbocycles. The highest BCUT2D eigenvalue weighted by atomic mass is 35.5. The lowest BCUT2D eigenvalue weighted by Crippen LogP contribution is -2.43. The molecule has 3 N–H and O–H groups in total.